The number of aldehydes is 2. The first-order chi connectivity index (χ1) is 68.0. The second kappa shape index (κ2) is 50.0. The molecule has 0 fully saturated rings. The van der Waals surface area contributed by atoms with Crippen LogP contribution in [0.5, 0.6) is 34.5 Å². The molecule has 0 atom stereocenters. The number of ether oxygens (including phenoxy) is 3. The maximum Gasteiger partial charge on any atom is 1.00 e. The number of aromatic amines is 2. The number of nitrogens with two attached hydrogens (primary N) is 1. The zero-order valence-electron chi connectivity index (χ0n) is 88.1. The molecule has 4 N–H and O–H groups in total. The fraction of sp³-hybridized carbons (Fsp3) is 0.331. The number of rotatable bonds is 33. The molecule has 25 heteroatoms. The predicted octanol–water partition coefficient (Wildman–Crippen LogP) is 16.3. The second-order valence-electron chi connectivity index (χ2n) is 36.0. The number of carbonyl (C=O) groups is 5. The number of anilines is 6. The van der Waals surface area contributed by atoms with Crippen LogP contribution in [-0.2, 0) is 39.3 Å². The Balaban J connectivity index is 0.000000205. The summed E-state index contributed by atoms with van der Waals surface area (Å²) in [5, 5.41) is 0. The molecule has 0 unspecified atom stereocenters. The van der Waals surface area contributed by atoms with E-state index in [0.717, 1.165) is 294 Å². The van der Waals surface area contributed by atoms with Crippen molar-refractivity contribution in [2.45, 2.75) is 145 Å². The molecule has 143 heavy (non-hydrogen) atoms. The molecule has 8 heterocycles. The van der Waals surface area contributed by atoms with Crippen molar-refractivity contribution in [3.8, 4) is 34.5 Å². The minimum absolute atomic E-state index is 0. The molecule has 6 aliphatic heterocycles. The number of hydrogen-bond acceptors (Lipinski definition) is 16. The van der Waals surface area contributed by atoms with Gasteiger partial charge in [-0.1, -0.05) is 151 Å². The Bertz CT molecular complexity index is 6210. The molecule has 3 spiro atoms. The summed E-state index contributed by atoms with van der Waals surface area (Å²) in [7, 11) is 0. The zero-order valence-corrected chi connectivity index (χ0v) is 90.1. The monoisotopic (exact) mass is 1930 g/mol. The van der Waals surface area contributed by atoms with Gasteiger partial charge in [-0.15, -0.1) is 0 Å². The number of H-pyrrole nitrogens is 2. The third-order valence-corrected chi connectivity index (χ3v) is 28.9. The number of hydrogen-bond donors (Lipinski definition) is 3. The summed E-state index contributed by atoms with van der Waals surface area (Å²) < 4.78 is 20.4. The number of nitrogens with one attached hydrogen (secondary N) is 2. The fourth-order valence-corrected chi connectivity index (χ4v) is 21.9. The molecular weight excluding hydrogens is 1790 g/mol. The van der Waals surface area contributed by atoms with Crippen LogP contribution in [0.25, 0.3) is 0 Å². The van der Waals surface area contributed by atoms with Crippen molar-refractivity contribution in [2.75, 3.05) is 141 Å². The molecule has 9 aliphatic rings. The van der Waals surface area contributed by atoms with Crippen LogP contribution in [0.2, 0.25) is 0 Å². The minimum atomic E-state index is -0.843. The van der Waals surface area contributed by atoms with Gasteiger partial charge in [0, 0.05) is 286 Å². The van der Waals surface area contributed by atoms with Crippen LogP contribution in [0.15, 0.2) is 290 Å². The average Bonchev–Trinajstić information content (AvgIpc) is 1.53. The summed E-state index contributed by atoms with van der Waals surface area (Å²) in [6, 6.07) is 71.7. The van der Waals surface area contributed by atoms with Crippen LogP contribution in [0.3, 0.4) is 0 Å². The van der Waals surface area contributed by atoms with Gasteiger partial charge in [0.2, 0.25) is 0 Å². The van der Waals surface area contributed by atoms with Gasteiger partial charge < -0.3 is 76.9 Å². The second-order valence-corrected chi connectivity index (χ2v) is 36.0. The number of carbonyl (C=O) groups excluding carboxylic acids is 5. The van der Waals surface area contributed by atoms with E-state index in [-0.39, 0.29) is 96.5 Å². The maximum absolute atomic E-state index is 14.7. The Kier molecular flexibility index (Phi) is 38.4. The summed E-state index contributed by atoms with van der Waals surface area (Å²) in [6.07, 6.45) is 28.2. The predicted molar refractivity (Wildman–Crippen MR) is 578 cm³/mol. The molecule has 21 nitrogen and oxygen atoms in total. The first-order valence-corrected chi connectivity index (χ1v) is 50.3. The molecule has 9 aromatic carbocycles. The summed E-state index contributed by atoms with van der Waals surface area (Å²) in [5.41, 5.74) is 27.2. The van der Waals surface area contributed by atoms with Crippen molar-refractivity contribution in [3.05, 3.63) is 368 Å². The molecule has 6 radical (unpaired) electrons. The normalized spacial score (nSPS) is 14.7. The van der Waals surface area contributed by atoms with Crippen molar-refractivity contribution >= 4 is 81.2 Å². The Morgan fingerprint density at radius 2 is 0.629 bits per heavy atom. The zero-order chi connectivity index (χ0) is 97.5. The molecule has 3 amide bonds. The van der Waals surface area contributed by atoms with E-state index in [1.54, 1.807) is 0 Å². The van der Waals surface area contributed by atoms with E-state index in [4.69, 9.17) is 19.9 Å². The number of amides is 3. The van der Waals surface area contributed by atoms with Gasteiger partial charge in [-0.2, -0.15) is 0 Å². The van der Waals surface area contributed by atoms with E-state index in [2.05, 4.69) is 307 Å². The van der Waals surface area contributed by atoms with Gasteiger partial charge in [-0.3, -0.25) is 28.9 Å². The summed E-state index contributed by atoms with van der Waals surface area (Å²) in [4.78, 5) is 91.9. The molecule has 0 saturated heterocycles. The van der Waals surface area contributed by atoms with Crippen molar-refractivity contribution < 1.29 is 100 Å². The van der Waals surface area contributed by atoms with Gasteiger partial charge in [0.1, 0.15) is 63.7 Å². The smallest absolute Gasteiger partial charge is 1.00 e. The largest absolute Gasteiger partial charge is 1.00 e. The first kappa shape index (κ1) is 110. The van der Waals surface area contributed by atoms with E-state index in [1.807, 2.05) is 108 Å². The molecule has 0 saturated carbocycles. The molecule has 3 aliphatic carbocycles. The van der Waals surface area contributed by atoms with Crippen LogP contribution >= 0.6 is 0 Å². The Morgan fingerprint density at radius 3 is 0.874 bits per heavy atom. The van der Waals surface area contributed by atoms with Crippen molar-refractivity contribution in [1.82, 2.24) is 29.6 Å². The molecular formula is C118H137B2N13Na2O8. The van der Waals surface area contributed by atoms with E-state index in [1.165, 1.54) is 5.57 Å². The van der Waals surface area contributed by atoms with Gasteiger partial charge in [0.05, 0.1) is 0 Å². The number of fused-ring (bicyclic) bond motifs is 18. The average molecular weight is 1930 g/mol. The maximum atomic E-state index is 14.7. The topological polar surface area (TPSA) is 203 Å². The number of allylic oxidation sites excluding steroid dienone is 12. The van der Waals surface area contributed by atoms with Crippen LogP contribution in [-0.4, -0.2) is 188 Å². The van der Waals surface area contributed by atoms with E-state index in [0.29, 0.717) is 32.7 Å². The number of aromatic nitrogens is 2. The molecule has 2 aromatic heterocycles. The SMILES string of the molecule is CCN(CC)c1ccc2c(c1)Oc1cc(N(CC)CC)ccc1C21c2ccccc2C(=O)N1CCCC1=CC=CC1.CCN(CC)c1ccc2c(c1)Oc1cc(N(CC)CC)ccc1C21c2ccccc2C(=O)N1CCN.CCN(CC)c1ccc2c(c1)Oc1cc(N(CC)CC)ccc1C21c2ccccc2C(=O)N1CCN(Cc1ccc[nH]1)Cc1ccc[nH]1.O=CC1=CC=CC1.O=CC1=CC=CC1.[B].[B].[H-].[H-].[Na+].[Na+]. The van der Waals surface area contributed by atoms with E-state index >= 15 is 0 Å². The molecule has 11 aromatic rings. The fourth-order valence-electron chi connectivity index (χ4n) is 21.9. The van der Waals surface area contributed by atoms with E-state index in [9.17, 15) is 24.0 Å². The van der Waals surface area contributed by atoms with Gasteiger partial charge in [0.15, 0.2) is 0 Å². The van der Waals surface area contributed by atoms with Crippen molar-refractivity contribution in [1.29, 1.82) is 0 Å². The van der Waals surface area contributed by atoms with E-state index < -0.39 is 16.6 Å². The van der Waals surface area contributed by atoms with Gasteiger partial charge in [-0.25, -0.2) is 0 Å². The standard InChI is InChI=1S/C40H46N6O2.C36H41N3O2.C30H36N4O2.2C6H6O.2B.2Na.2H/c1-5-44(6-2)31-17-19-35-37(25-31)48-38-26-32(45(7-3)8-4)18-20-36(38)40(35)34-16-10-9-15-33(34)39(47)46(40)24-23-43(27-29-13-11-21-41-29)28-30-14-12-22-42-30;1-5-37(6-2)27-19-21-31-33(24-27)41-34-25-28(38(7-3)8-4)20-22-32(34)36(31)30-18-12-11-17-29(30)35(40)39(36)23-13-16-26-14-9-10-15-26;1-5-32(6-2)21-13-15-25-27(19-21)36-28-20-22(33(7-3)8-4)14-16-26(28)30(25)24-12-10-9-11-23(24)29(35)34(30)18-17-31;2*7-5-6-3-1-2-4-6;;;;;;/h9-22,25-26,41-42H,5-8,23-24,27-28H2,1-4H3;9-12,14,17-22,24-25H,5-8,13,15-16,23H2,1-4H3;9-16,19-20H,5-8,17-18,31H2,1-4H3;2*1-3,5H,4H2;;;;;;/q;;;;;;;2*+1;2*-1. The van der Waals surface area contributed by atoms with Crippen LogP contribution in [0.1, 0.15) is 211 Å². The number of nitrogens with zero attached hydrogens (tertiary/aromatic N) is 10. The Hall–Kier alpha value is -12.0. The van der Waals surface area contributed by atoms with Gasteiger partial charge in [-0.05, 0) is 222 Å². The van der Waals surface area contributed by atoms with Crippen LogP contribution in [0, 0.1) is 0 Å². The van der Waals surface area contributed by atoms with Crippen LogP contribution < -0.4 is 108 Å². The first-order valence-electron chi connectivity index (χ1n) is 50.3. The summed E-state index contributed by atoms with van der Waals surface area (Å²) >= 11 is 0. The van der Waals surface area contributed by atoms with Crippen LogP contribution in [0.4, 0.5) is 34.1 Å². The van der Waals surface area contributed by atoms with Crippen molar-refractivity contribution in [2.24, 2.45) is 5.73 Å². The Morgan fingerprint density at radius 1 is 0.350 bits per heavy atom. The number of benzene rings is 9. The third-order valence-electron chi connectivity index (χ3n) is 28.9. The van der Waals surface area contributed by atoms with Gasteiger partial charge >= 0.3 is 59.1 Å². The third kappa shape index (κ3) is 21.3. The molecule has 20 rings (SSSR count). The summed E-state index contributed by atoms with van der Waals surface area (Å²) in [6.45, 7) is 41.1. The molecule has 730 valence electrons. The van der Waals surface area contributed by atoms with Gasteiger partial charge in [0.25, 0.3) is 17.7 Å². The van der Waals surface area contributed by atoms with Crippen molar-refractivity contribution in [3.63, 3.8) is 0 Å². The Labute approximate surface area is 897 Å². The quantitative estimate of drug-likeness (QED) is 0.0259. The molecule has 0 bridgehead atoms. The summed E-state index contributed by atoms with van der Waals surface area (Å²) in [5.74, 6) is 4.98. The minimum Gasteiger partial charge on any atom is -1.00 e.